The molecule has 7 heteroatoms. The number of aromatic nitrogens is 2. The number of hydrogen-bond acceptors (Lipinski definition) is 4. The first-order valence-electron chi connectivity index (χ1n) is 4.72. The number of nitrogens with one attached hydrogen (secondary N) is 2. The van der Waals surface area contributed by atoms with Gasteiger partial charge >= 0.3 is 5.69 Å². The molecule has 0 aliphatic rings. The topological polar surface area (TPSA) is 104 Å². The highest BCUT2D eigenvalue weighted by Gasteiger charge is 2.05. The van der Waals surface area contributed by atoms with Gasteiger partial charge in [-0.15, -0.1) is 0 Å². The minimum Gasteiger partial charge on any atom is -0.395 e. The summed E-state index contributed by atoms with van der Waals surface area (Å²) in [4.78, 5) is 35.7. The molecule has 0 aromatic carbocycles. The fourth-order valence-electron chi connectivity index (χ4n) is 1.14. The van der Waals surface area contributed by atoms with Gasteiger partial charge in [-0.3, -0.25) is 19.1 Å². The fraction of sp³-hybridized carbons (Fsp3) is 0.444. The number of carbonyl (C=O) groups is 1. The first-order valence-corrected chi connectivity index (χ1v) is 4.72. The Hall–Kier alpha value is -1.89. The molecule has 0 aliphatic heterocycles. The first kappa shape index (κ1) is 12.2. The van der Waals surface area contributed by atoms with Crippen LogP contribution in [0.5, 0.6) is 0 Å². The Morgan fingerprint density at radius 1 is 1.56 bits per heavy atom. The quantitative estimate of drug-likeness (QED) is 0.551. The summed E-state index contributed by atoms with van der Waals surface area (Å²) < 4.78 is 1.10. The van der Waals surface area contributed by atoms with E-state index in [0.29, 0.717) is 5.56 Å². The first-order chi connectivity index (χ1) is 7.54. The molecule has 0 bridgehead atoms. The van der Waals surface area contributed by atoms with E-state index in [1.54, 1.807) is 6.92 Å². The van der Waals surface area contributed by atoms with Crippen LogP contribution in [0.25, 0.3) is 0 Å². The van der Waals surface area contributed by atoms with E-state index < -0.39 is 17.2 Å². The number of aliphatic hydroxyl groups excluding tert-OH is 1. The van der Waals surface area contributed by atoms with Gasteiger partial charge in [0, 0.05) is 18.3 Å². The van der Waals surface area contributed by atoms with Gasteiger partial charge in [-0.2, -0.15) is 0 Å². The van der Waals surface area contributed by atoms with E-state index in [4.69, 9.17) is 5.11 Å². The van der Waals surface area contributed by atoms with Crippen LogP contribution in [0, 0.1) is 6.92 Å². The molecule has 0 unspecified atom stereocenters. The Labute approximate surface area is 90.7 Å². The molecule has 7 nitrogen and oxygen atoms in total. The summed E-state index contributed by atoms with van der Waals surface area (Å²) in [5.41, 5.74) is -0.735. The molecule has 88 valence electrons. The second-order valence-corrected chi connectivity index (χ2v) is 3.27. The van der Waals surface area contributed by atoms with Crippen molar-refractivity contribution in [2.75, 3.05) is 13.2 Å². The molecule has 0 fully saturated rings. The van der Waals surface area contributed by atoms with Crippen molar-refractivity contribution in [1.82, 2.24) is 14.9 Å². The lowest BCUT2D eigenvalue weighted by molar-refractivity contribution is -0.121. The predicted molar refractivity (Wildman–Crippen MR) is 56.2 cm³/mol. The van der Waals surface area contributed by atoms with Gasteiger partial charge < -0.3 is 10.4 Å². The van der Waals surface area contributed by atoms with E-state index >= 15 is 0 Å². The van der Waals surface area contributed by atoms with Crippen LogP contribution < -0.4 is 16.6 Å². The molecule has 0 atom stereocenters. The average Bonchev–Trinajstić information content (AvgIpc) is 2.23. The average molecular weight is 227 g/mol. The van der Waals surface area contributed by atoms with Crippen LogP contribution in [-0.4, -0.2) is 33.7 Å². The van der Waals surface area contributed by atoms with E-state index in [-0.39, 0.29) is 19.7 Å². The van der Waals surface area contributed by atoms with Crippen molar-refractivity contribution in [1.29, 1.82) is 0 Å². The minimum absolute atomic E-state index is 0.135. The number of amides is 1. The van der Waals surface area contributed by atoms with E-state index in [1.807, 2.05) is 0 Å². The number of carbonyl (C=O) groups excluding carboxylic acids is 1. The van der Waals surface area contributed by atoms with E-state index in [0.717, 1.165) is 4.57 Å². The number of rotatable bonds is 4. The summed E-state index contributed by atoms with van der Waals surface area (Å²) in [5.74, 6) is -0.400. The lowest BCUT2D eigenvalue weighted by Gasteiger charge is -2.06. The van der Waals surface area contributed by atoms with Crippen LogP contribution in [0.15, 0.2) is 15.8 Å². The van der Waals surface area contributed by atoms with Crippen molar-refractivity contribution in [2.45, 2.75) is 13.5 Å². The third-order valence-electron chi connectivity index (χ3n) is 1.94. The molecular formula is C9H13N3O4. The summed E-state index contributed by atoms with van der Waals surface area (Å²) in [6.45, 7) is 1.33. The molecule has 1 aromatic rings. The summed E-state index contributed by atoms with van der Waals surface area (Å²) in [6.07, 6.45) is 1.32. The maximum atomic E-state index is 11.3. The van der Waals surface area contributed by atoms with Crippen molar-refractivity contribution >= 4 is 5.91 Å². The fourth-order valence-corrected chi connectivity index (χ4v) is 1.14. The molecule has 1 heterocycles. The second-order valence-electron chi connectivity index (χ2n) is 3.27. The van der Waals surface area contributed by atoms with Crippen molar-refractivity contribution in [3.63, 3.8) is 0 Å². The van der Waals surface area contributed by atoms with Gasteiger partial charge in [-0.1, -0.05) is 0 Å². The van der Waals surface area contributed by atoms with Gasteiger partial charge in [-0.05, 0) is 6.92 Å². The second kappa shape index (κ2) is 5.26. The standard InChI is InChI=1S/C9H13N3O4/c1-6-4-12(9(16)11-8(6)15)5-7(14)10-2-3-13/h4,13H,2-3,5H2,1H3,(H,10,14)(H,11,15,16). The van der Waals surface area contributed by atoms with Gasteiger partial charge in [0.1, 0.15) is 6.54 Å². The lowest BCUT2D eigenvalue weighted by atomic mass is 10.4. The Balaban J connectivity index is 2.82. The molecular weight excluding hydrogens is 214 g/mol. The molecule has 1 rings (SSSR count). The van der Waals surface area contributed by atoms with Crippen molar-refractivity contribution in [2.24, 2.45) is 0 Å². The van der Waals surface area contributed by atoms with E-state index in [1.165, 1.54) is 6.20 Å². The third kappa shape index (κ3) is 3.06. The molecule has 16 heavy (non-hydrogen) atoms. The van der Waals surface area contributed by atoms with Crippen LogP contribution in [0.2, 0.25) is 0 Å². The lowest BCUT2D eigenvalue weighted by Crippen LogP contribution is -2.37. The predicted octanol–water partition coefficient (Wildman–Crippen LogP) is -2.05. The van der Waals surface area contributed by atoms with Crippen molar-refractivity contribution in [3.05, 3.63) is 32.6 Å². The van der Waals surface area contributed by atoms with E-state index in [9.17, 15) is 14.4 Å². The van der Waals surface area contributed by atoms with Crippen LogP contribution in [-0.2, 0) is 11.3 Å². The molecule has 1 amide bonds. The summed E-state index contributed by atoms with van der Waals surface area (Å²) in [7, 11) is 0. The van der Waals surface area contributed by atoms with Gasteiger partial charge in [0.25, 0.3) is 5.56 Å². The molecule has 0 aliphatic carbocycles. The summed E-state index contributed by atoms with van der Waals surface area (Å²) in [5, 5.41) is 10.9. The number of hydrogen-bond donors (Lipinski definition) is 3. The zero-order valence-corrected chi connectivity index (χ0v) is 8.82. The highest BCUT2D eigenvalue weighted by molar-refractivity contribution is 5.75. The van der Waals surface area contributed by atoms with Crippen LogP contribution in [0.3, 0.4) is 0 Å². The van der Waals surface area contributed by atoms with E-state index in [2.05, 4.69) is 10.3 Å². The highest BCUT2D eigenvalue weighted by Crippen LogP contribution is 1.84. The van der Waals surface area contributed by atoms with Gasteiger partial charge in [0.05, 0.1) is 6.61 Å². The minimum atomic E-state index is -0.630. The van der Waals surface area contributed by atoms with Gasteiger partial charge in [0.2, 0.25) is 5.91 Å². The summed E-state index contributed by atoms with van der Waals surface area (Å²) >= 11 is 0. The molecule has 0 saturated heterocycles. The summed E-state index contributed by atoms with van der Waals surface area (Å²) in [6, 6.07) is 0. The molecule has 0 saturated carbocycles. The number of aliphatic hydroxyl groups is 1. The van der Waals surface area contributed by atoms with Gasteiger partial charge in [0.15, 0.2) is 0 Å². The van der Waals surface area contributed by atoms with Crippen molar-refractivity contribution in [3.8, 4) is 0 Å². The number of aromatic amines is 1. The normalized spacial score (nSPS) is 10.1. The van der Waals surface area contributed by atoms with Crippen molar-refractivity contribution < 1.29 is 9.90 Å². The molecule has 0 spiro atoms. The molecule has 0 radical (unpaired) electrons. The highest BCUT2D eigenvalue weighted by atomic mass is 16.3. The number of H-pyrrole nitrogens is 1. The Bertz CT molecular complexity index is 488. The zero-order chi connectivity index (χ0) is 12.1. The SMILES string of the molecule is Cc1cn(CC(=O)NCCO)c(=O)[nH]c1=O. The largest absolute Gasteiger partial charge is 0.395 e. The molecule has 1 aromatic heterocycles. The maximum absolute atomic E-state index is 11.3. The number of nitrogens with zero attached hydrogens (tertiary/aromatic N) is 1. The molecule has 3 N–H and O–H groups in total. The van der Waals surface area contributed by atoms with Gasteiger partial charge in [-0.25, -0.2) is 4.79 Å². The Morgan fingerprint density at radius 3 is 2.88 bits per heavy atom. The maximum Gasteiger partial charge on any atom is 0.328 e. The van der Waals surface area contributed by atoms with Crippen LogP contribution in [0.4, 0.5) is 0 Å². The number of aryl methyl sites for hydroxylation is 1. The monoisotopic (exact) mass is 227 g/mol. The Kier molecular flexibility index (Phi) is 4.01. The van der Waals surface area contributed by atoms with Crippen LogP contribution in [0.1, 0.15) is 5.56 Å². The smallest absolute Gasteiger partial charge is 0.328 e. The Morgan fingerprint density at radius 2 is 2.25 bits per heavy atom. The zero-order valence-electron chi connectivity index (χ0n) is 8.82. The van der Waals surface area contributed by atoms with Crippen LogP contribution >= 0.6 is 0 Å². The third-order valence-corrected chi connectivity index (χ3v) is 1.94.